The van der Waals surface area contributed by atoms with E-state index >= 15 is 0 Å². The first-order valence-electron chi connectivity index (χ1n) is 6.07. The van der Waals surface area contributed by atoms with Crippen LogP contribution in [0.25, 0.3) is 11.3 Å². The van der Waals surface area contributed by atoms with E-state index in [-0.39, 0.29) is 0 Å². The molecule has 0 fully saturated rings. The zero-order chi connectivity index (χ0) is 12.3. The van der Waals surface area contributed by atoms with Gasteiger partial charge in [-0.25, -0.2) is 4.98 Å². The Morgan fingerprint density at radius 3 is 2.53 bits per heavy atom. The predicted molar refractivity (Wildman–Crippen MR) is 70.8 cm³/mol. The smallest absolute Gasteiger partial charge is 0.106 e. The van der Waals surface area contributed by atoms with Crippen LogP contribution in [0.1, 0.15) is 18.3 Å². The van der Waals surface area contributed by atoms with Gasteiger partial charge in [0.15, 0.2) is 0 Å². The molecule has 0 atom stereocenters. The van der Waals surface area contributed by atoms with E-state index in [9.17, 15) is 0 Å². The third-order valence-electron chi connectivity index (χ3n) is 3.00. The molecule has 2 rings (SSSR count). The maximum absolute atomic E-state index is 5.57. The zero-order valence-corrected chi connectivity index (χ0v) is 10.5. The molecule has 90 valence electrons. The van der Waals surface area contributed by atoms with Gasteiger partial charge < -0.3 is 10.3 Å². The van der Waals surface area contributed by atoms with Gasteiger partial charge in [-0.1, -0.05) is 31.2 Å². The van der Waals surface area contributed by atoms with Gasteiger partial charge in [-0.15, -0.1) is 0 Å². The Labute approximate surface area is 102 Å². The average molecular weight is 229 g/mol. The van der Waals surface area contributed by atoms with Gasteiger partial charge in [-0.2, -0.15) is 0 Å². The monoisotopic (exact) mass is 229 g/mol. The van der Waals surface area contributed by atoms with Crippen molar-refractivity contribution in [2.45, 2.75) is 26.8 Å². The number of imidazole rings is 1. The second kappa shape index (κ2) is 5.15. The lowest BCUT2D eigenvalue weighted by molar-refractivity contribution is 0.684. The van der Waals surface area contributed by atoms with Crippen LogP contribution >= 0.6 is 0 Å². The molecule has 0 saturated heterocycles. The molecule has 0 amide bonds. The van der Waals surface area contributed by atoms with E-state index in [0.29, 0.717) is 6.54 Å². The fraction of sp³-hybridized carbons (Fsp3) is 0.357. The number of benzene rings is 1. The summed E-state index contributed by atoms with van der Waals surface area (Å²) in [4.78, 5) is 4.56. The van der Waals surface area contributed by atoms with E-state index in [1.165, 1.54) is 11.1 Å². The number of nitrogens with two attached hydrogens (primary N) is 1. The van der Waals surface area contributed by atoms with Gasteiger partial charge in [0.25, 0.3) is 0 Å². The van der Waals surface area contributed by atoms with Crippen LogP contribution in [0, 0.1) is 6.92 Å². The van der Waals surface area contributed by atoms with Crippen molar-refractivity contribution in [3.8, 4) is 11.3 Å². The SMILES string of the molecule is CCc1ccc(-c2cn(CCN)c(C)n2)cc1. The highest BCUT2D eigenvalue weighted by Crippen LogP contribution is 2.19. The maximum Gasteiger partial charge on any atom is 0.106 e. The zero-order valence-electron chi connectivity index (χ0n) is 10.5. The van der Waals surface area contributed by atoms with Crippen LogP contribution in [-0.2, 0) is 13.0 Å². The fourth-order valence-electron chi connectivity index (χ4n) is 1.92. The molecule has 1 aromatic heterocycles. The topological polar surface area (TPSA) is 43.8 Å². The van der Waals surface area contributed by atoms with Crippen LogP contribution in [0.3, 0.4) is 0 Å². The van der Waals surface area contributed by atoms with Crippen LogP contribution in [0.15, 0.2) is 30.5 Å². The lowest BCUT2D eigenvalue weighted by Crippen LogP contribution is -2.10. The van der Waals surface area contributed by atoms with E-state index < -0.39 is 0 Å². The Balaban J connectivity index is 2.29. The highest BCUT2D eigenvalue weighted by molar-refractivity contribution is 5.59. The Morgan fingerprint density at radius 2 is 1.94 bits per heavy atom. The van der Waals surface area contributed by atoms with Crippen LogP contribution in [0.5, 0.6) is 0 Å². The summed E-state index contributed by atoms with van der Waals surface area (Å²) in [6.07, 6.45) is 3.14. The molecule has 1 aromatic carbocycles. The first-order chi connectivity index (χ1) is 8.24. The van der Waals surface area contributed by atoms with E-state index in [1.54, 1.807) is 0 Å². The summed E-state index contributed by atoms with van der Waals surface area (Å²) in [6, 6.07) is 8.58. The molecule has 0 radical (unpaired) electrons. The molecule has 1 heterocycles. The summed E-state index contributed by atoms with van der Waals surface area (Å²) in [6.45, 7) is 5.64. The third kappa shape index (κ3) is 2.56. The molecule has 2 N–H and O–H groups in total. The Morgan fingerprint density at radius 1 is 1.24 bits per heavy atom. The maximum atomic E-state index is 5.57. The van der Waals surface area contributed by atoms with Crippen molar-refractivity contribution in [2.75, 3.05) is 6.54 Å². The summed E-state index contributed by atoms with van der Waals surface area (Å²) >= 11 is 0. The second-order valence-electron chi connectivity index (χ2n) is 4.21. The molecule has 17 heavy (non-hydrogen) atoms. The Bertz CT molecular complexity index is 483. The van der Waals surface area contributed by atoms with Gasteiger partial charge >= 0.3 is 0 Å². The van der Waals surface area contributed by atoms with Gasteiger partial charge in [0.2, 0.25) is 0 Å². The molecule has 3 heteroatoms. The lowest BCUT2D eigenvalue weighted by atomic mass is 10.1. The summed E-state index contributed by atoms with van der Waals surface area (Å²) in [5.41, 5.74) is 9.11. The highest BCUT2D eigenvalue weighted by Gasteiger charge is 2.05. The van der Waals surface area contributed by atoms with Crippen molar-refractivity contribution < 1.29 is 0 Å². The fourth-order valence-corrected chi connectivity index (χ4v) is 1.92. The summed E-state index contributed by atoms with van der Waals surface area (Å²) in [5, 5.41) is 0. The second-order valence-corrected chi connectivity index (χ2v) is 4.21. The van der Waals surface area contributed by atoms with Crippen molar-refractivity contribution in [2.24, 2.45) is 5.73 Å². The minimum Gasteiger partial charge on any atom is -0.333 e. The van der Waals surface area contributed by atoms with Crippen LogP contribution in [-0.4, -0.2) is 16.1 Å². The molecule has 0 aliphatic carbocycles. The Kier molecular flexibility index (Phi) is 3.59. The number of hydrogen-bond donors (Lipinski definition) is 1. The van der Waals surface area contributed by atoms with E-state index in [1.807, 2.05) is 6.92 Å². The molecule has 0 aliphatic rings. The first kappa shape index (κ1) is 11.9. The highest BCUT2D eigenvalue weighted by atomic mass is 15.1. The first-order valence-corrected chi connectivity index (χ1v) is 6.07. The number of nitrogens with zero attached hydrogens (tertiary/aromatic N) is 2. The van der Waals surface area contributed by atoms with Gasteiger partial charge in [0.05, 0.1) is 5.69 Å². The van der Waals surface area contributed by atoms with E-state index in [0.717, 1.165) is 24.5 Å². The quantitative estimate of drug-likeness (QED) is 0.874. The summed E-state index contributed by atoms with van der Waals surface area (Å²) in [5.74, 6) is 1.02. The average Bonchev–Trinajstić information content (AvgIpc) is 2.72. The number of rotatable bonds is 4. The van der Waals surface area contributed by atoms with Crippen LogP contribution in [0.2, 0.25) is 0 Å². The van der Waals surface area contributed by atoms with Crippen molar-refractivity contribution in [3.05, 3.63) is 41.9 Å². The van der Waals surface area contributed by atoms with Crippen molar-refractivity contribution in [1.82, 2.24) is 9.55 Å². The molecule has 0 bridgehead atoms. The largest absolute Gasteiger partial charge is 0.333 e. The normalized spacial score (nSPS) is 10.8. The third-order valence-corrected chi connectivity index (χ3v) is 3.00. The molecule has 0 unspecified atom stereocenters. The molecule has 0 spiro atoms. The van der Waals surface area contributed by atoms with Crippen LogP contribution in [0.4, 0.5) is 0 Å². The van der Waals surface area contributed by atoms with Crippen LogP contribution < -0.4 is 5.73 Å². The number of hydrogen-bond acceptors (Lipinski definition) is 2. The molecule has 2 aromatic rings. The molecular weight excluding hydrogens is 210 g/mol. The Hall–Kier alpha value is -1.61. The van der Waals surface area contributed by atoms with Crippen molar-refractivity contribution >= 4 is 0 Å². The summed E-state index contributed by atoms with van der Waals surface area (Å²) in [7, 11) is 0. The minimum absolute atomic E-state index is 0.644. The standard InChI is InChI=1S/C14H19N3/c1-3-12-4-6-13(7-5-12)14-10-17(9-8-15)11(2)16-14/h4-7,10H,3,8-9,15H2,1-2H3. The van der Waals surface area contributed by atoms with E-state index in [4.69, 9.17) is 5.73 Å². The molecular formula is C14H19N3. The minimum atomic E-state index is 0.644. The van der Waals surface area contributed by atoms with E-state index in [2.05, 4.69) is 46.9 Å². The van der Waals surface area contributed by atoms with Gasteiger partial charge in [0.1, 0.15) is 5.82 Å². The van der Waals surface area contributed by atoms with Crippen molar-refractivity contribution in [3.63, 3.8) is 0 Å². The summed E-state index contributed by atoms with van der Waals surface area (Å²) < 4.78 is 2.10. The molecule has 0 aliphatic heterocycles. The van der Waals surface area contributed by atoms with Crippen molar-refractivity contribution in [1.29, 1.82) is 0 Å². The van der Waals surface area contributed by atoms with Gasteiger partial charge in [-0.3, -0.25) is 0 Å². The van der Waals surface area contributed by atoms with Gasteiger partial charge in [-0.05, 0) is 18.9 Å². The predicted octanol–water partition coefficient (Wildman–Crippen LogP) is 2.38. The molecule has 0 saturated carbocycles. The molecule has 3 nitrogen and oxygen atoms in total. The van der Waals surface area contributed by atoms with Gasteiger partial charge in [0, 0.05) is 24.8 Å². The number of aromatic nitrogens is 2. The number of aryl methyl sites for hydroxylation is 2. The lowest BCUT2D eigenvalue weighted by Gasteiger charge is -2.00.